The van der Waals surface area contributed by atoms with Crippen molar-refractivity contribution in [2.75, 3.05) is 31.7 Å². The summed E-state index contributed by atoms with van der Waals surface area (Å²) in [5.74, 6) is 0.849. The second-order valence-electron chi connectivity index (χ2n) is 5.54. The van der Waals surface area contributed by atoms with E-state index in [0.29, 0.717) is 6.42 Å². The lowest BCUT2D eigenvalue weighted by molar-refractivity contribution is 0.0962. The van der Waals surface area contributed by atoms with E-state index < -0.39 is 5.60 Å². The molecule has 1 unspecified atom stereocenters. The molecule has 0 saturated heterocycles. The zero-order valence-corrected chi connectivity index (χ0v) is 12.0. The molecule has 0 bridgehead atoms. The van der Waals surface area contributed by atoms with Gasteiger partial charge in [0.1, 0.15) is 11.4 Å². The maximum Gasteiger partial charge on any atom is 0.149 e. The maximum absolute atomic E-state index is 11.2. The number of hydrogen-bond donors (Lipinski definition) is 1. The normalized spacial score (nSPS) is 24.3. The first-order chi connectivity index (χ1) is 9.77. The summed E-state index contributed by atoms with van der Waals surface area (Å²) in [5.41, 5.74) is 1.23. The van der Waals surface area contributed by atoms with Crippen LogP contribution in [0.3, 0.4) is 0 Å². The molecule has 0 saturated carbocycles. The minimum atomic E-state index is -0.912. The molecule has 0 radical (unpaired) electrons. The number of aliphatic imine (C=N–C) groups is 1. The molecule has 1 aromatic rings. The van der Waals surface area contributed by atoms with Gasteiger partial charge in [-0.1, -0.05) is 18.2 Å². The summed E-state index contributed by atoms with van der Waals surface area (Å²) in [4.78, 5) is 6.81. The van der Waals surface area contributed by atoms with Crippen LogP contribution in [0.25, 0.3) is 0 Å². The smallest absolute Gasteiger partial charge is 0.149 e. The van der Waals surface area contributed by atoms with Gasteiger partial charge in [-0.2, -0.15) is 0 Å². The first-order valence-corrected chi connectivity index (χ1v) is 7.40. The molecule has 108 valence electrons. The summed E-state index contributed by atoms with van der Waals surface area (Å²) < 4.78 is 5.09. The van der Waals surface area contributed by atoms with E-state index in [1.165, 1.54) is 0 Å². The standard InChI is InChI=1S/C16H22N2O2/c1-20-12-5-4-9-16(19)13-7-2-3-8-14(13)18-11-6-10-17-15(16)18/h2-3,7-8,19H,4-6,9-12H2,1H3. The van der Waals surface area contributed by atoms with E-state index in [0.717, 1.165) is 56.0 Å². The van der Waals surface area contributed by atoms with Crippen LogP contribution >= 0.6 is 0 Å². The molecule has 4 heteroatoms. The number of aliphatic hydroxyl groups is 1. The van der Waals surface area contributed by atoms with Gasteiger partial charge in [0.15, 0.2) is 0 Å². The number of para-hydroxylation sites is 1. The fourth-order valence-electron chi connectivity index (χ4n) is 3.25. The van der Waals surface area contributed by atoms with Gasteiger partial charge in [0.05, 0.1) is 0 Å². The Hall–Kier alpha value is -1.39. The quantitative estimate of drug-likeness (QED) is 0.838. The minimum Gasteiger partial charge on any atom is -0.385 e. The SMILES string of the molecule is COCCCCC1(O)C2=NCCCN2c2ccccc21. The Morgan fingerprint density at radius 2 is 2.20 bits per heavy atom. The Bertz CT molecular complexity index is 515. The lowest BCUT2D eigenvalue weighted by Crippen LogP contribution is -2.43. The van der Waals surface area contributed by atoms with Crippen LogP contribution in [0.15, 0.2) is 29.3 Å². The molecule has 20 heavy (non-hydrogen) atoms. The van der Waals surface area contributed by atoms with Crippen LogP contribution < -0.4 is 4.90 Å². The molecule has 1 aromatic carbocycles. The summed E-state index contributed by atoms with van der Waals surface area (Å²) in [7, 11) is 1.71. The van der Waals surface area contributed by atoms with E-state index >= 15 is 0 Å². The lowest BCUT2D eigenvalue weighted by atomic mass is 9.89. The highest BCUT2D eigenvalue weighted by atomic mass is 16.5. The molecule has 3 rings (SSSR count). The third-order valence-electron chi connectivity index (χ3n) is 4.20. The first-order valence-electron chi connectivity index (χ1n) is 7.40. The molecule has 0 amide bonds. The van der Waals surface area contributed by atoms with Crippen LogP contribution in [-0.2, 0) is 10.3 Å². The number of fused-ring (bicyclic) bond motifs is 3. The van der Waals surface area contributed by atoms with Gasteiger partial charge < -0.3 is 14.7 Å². The molecule has 0 fully saturated rings. The predicted octanol–water partition coefficient (Wildman–Crippen LogP) is 2.31. The lowest BCUT2D eigenvalue weighted by Gasteiger charge is -2.30. The van der Waals surface area contributed by atoms with Crippen LogP contribution in [0.1, 0.15) is 31.2 Å². The van der Waals surface area contributed by atoms with Gasteiger partial charge in [-0.05, 0) is 31.7 Å². The van der Waals surface area contributed by atoms with E-state index in [1.54, 1.807) is 7.11 Å². The number of ether oxygens (including phenoxy) is 1. The van der Waals surface area contributed by atoms with Crippen LogP contribution in [0.4, 0.5) is 5.69 Å². The van der Waals surface area contributed by atoms with Gasteiger partial charge in [0, 0.05) is 38.1 Å². The average Bonchev–Trinajstić information content (AvgIpc) is 2.75. The van der Waals surface area contributed by atoms with Gasteiger partial charge in [-0.3, -0.25) is 4.99 Å². The number of methoxy groups -OCH3 is 1. The van der Waals surface area contributed by atoms with Crippen molar-refractivity contribution in [3.05, 3.63) is 29.8 Å². The Balaban J connectivity index is 1.89. The molecule has 1 N–H and O–H groups in total. The molecule has 2 aliphatic heterocycles. The van der Waals surface area contributed by atoms with E-state index in [-0.39, 0.29) is 0 Å². The van der Waals surface area contributed by atoms with Crippen LogP contribution in [0.5, 0.6) is 0 Å². The average molecular weight is 274 g/mol. The van der Waals surface area contributed by atoms with Gasteiger partial charge in [0.2, 0.25) is 0 Å². The molecule has 2 aliphatic rings. The predicted molar refractivity (Wildman–Crippen MR) is 80.3 cm³/mol. The number of amidine groups is 1. The van der Waals surface area contributed by atoms with Crippen molar-refractivity contribution in [3.63, 3.8) is 0 Å². The zero-order chi connectivity index (χ0) is 14.0. The second kappa shape index (κ2) is 5.54. The summed E-state index contributed by atoms with van der Waals surface area (Å²) in [6.07, 6.45) is 3.67. The first kappa shape index (κ1) is 13.6. The fourth-order valence-corrected chi connectivity index (χ4v) is 3.25. The maximum atomic E-state index is 11.2. The third kappa shape index (κ3) is 2.13. The summed E-state index contributed by atoms with van der Waals surface area (Å²) in [6, 6.07) is 8.15. The summed E-state index contributed by atoms with van der Waals surface area (Å²) >= 11 is 0. The monoisotopic (exact) mass is 274 g/mol. The highest BCUT2D eigenvalue weighted by molar-refractivity contribution is 6.10. The van der Waals surface area contributed by atoms with Crippen molar-refractivity contribution in [2.24, 2.45) is 4.99 Å². The van der Waals surface area contributed by atoms with Gasteiger partial charge in [-0.15, -0.1) is 0 Å². The summed E-state index contributed by atoms with van der Waals surface area (Å²) in [5, 5.41) is 11.2. The van der Waals surface area contributed by atoms with Gasteiger partial charge >= 0.3 is 0 Å². The molecule has 2 heterocycles. The number of unbranched alkanes of at least 4 members (excludes halogenated alkanes) is 1. The number of hydrogen-bond acceptors (Lipinski definition) is 4. The number of anilines is 1. The number of benzene rings is 1. The number of rotatable bonds is 5. The van der Waals surface area contributed by atoms with Crippen molar-refractivity contribution in [1.82, 2.24) is 0 Å². The van der Waals surface area contributed by atoms with Gasteiger partial charge in [-0.25, -0.2) is 0 Å². The fraction of sp³-hybridized carbons (Fsp3) is 0.562. The molecule has 4 nitrogen and oxygen atoms in total. The minimum absolute atomic E-state index is 0.711. The molecule has 0 spiro atoms. The highest BCUT2D eigenvalue weighted by Crippen LogP contribution is 2.44. The van der Waals surface area contributed by atoms with Crippen molar-refractivity contribution in [3.8, 4) is 0 Å². The Morgan fingerprint density at radius 3 is 3.05 bits per heavy atom. The Kier molecular flexibility index (Phi) is 3.76. The zero-order valence-electron chi connectivity index (χ0n) is 12.0. The topological polar surface area (TPSA) is 45.1 Å². The Labute approximate surface area is 120 Å². The molecule has 0 aliphatic carbocycles. The largest absolute Gasteiger partial charge is 0.385 e. The van der Waals surface area contributed by atoms with Crippen molar-refractivity contribution in [1.29, 1.82) is 0 Å². The molecular formula is C16H22N2O2. The van der Waals surface area contributed by atoms with E-state index in [1.807, 2.05) is 18.2 Å². The van der Waals surface area contributed by atoms with E-state index in [2.05, 4.69) is 16.0 Å². The van der Waals surface area contributed by atoms with Gasteiger partial charge in [0.25, 0.3) is 0 Å². The summed E-state index contributed by atoms with van der Waals surface area (Å²) in [6.45, 7) is 2.52. The molecule has 1 atom stereocenters. The highest BCUT2D eigenvalue weighted by Gasteiger charge is 2.47. The molecule has 0 aromatic heterocycles. The number of nitrogens with zero attached hydrogens (tertiary/aromatic N) is 2. The van der Waals surface area contributed by atoms with Crippen molar-refractivity contribution in [2.45, 2.75) is 31.3 Å². The van der Waals surface area contributed by atoms with Crippen LogP contribution in [0.2, 0.25) is 0 Å². The van der Waals surface area contributed by atoms with Crippen LogP contribution in [-0.4, -0.2) is 37.7 Å². The Morgan fingerprint density at radius 1 is 1.35 bits per heavy atom. The van der Waals surface area contributed by atoms with E-state index in [4.69, 9.17) is 4.74 Å². The molecular weight excluding hydrogens is 252 g/mol. The van der Waals surface area contributed by atoms with Crippen molar-refractivity contribution >= 4 is 11.5 Å². The van der Waals surface area contributed by atoms with E-state index in [9.17, 15) is 5.11 Å². The van der Waals surface area contributed by atoms with Crippen molar-refractivity contribution < 1.29 is 9.84 Å². The van der Waals surface area contributed by atoms with Crippen LogP contribution in [0, 0.1) is 0 Å². The third-order valence-corrected chi connectivity index (χ3v) is 4.20. The second-order valence-corrected chi connectivity index (χ2v) is 5.54.